The number of nitrogens with one attached hydrogen (secondary N) is 1. The summed E-state index contributed by atoms with van der Waals surface area (Å²) in [4.78, 5) is 2.19. The number of anilines is 1. The van der Waals surface area contributed by atoms with Gasteiger partial charge in [0.15, 0.2) is 0 Å². The van der Waals surface area contributed by atoms with Crippen LogP contribution in [0.3, 0.4) is 0 Å². The molecular formula is C15H25FN2O2. The minimum Gasteiger partial charge on any atom is -0.383 e. The molecule has 0 aromatic heterocycles. The van der Waals surface area contributed by atoms with Crippen molar-refractivity contribution in [2.75, 3.05) is 52.0 Å². The van der Waals surface area contributed by atoms with Crippen LogP contribution in [-0.4, -0.2) is 47.1 Å². The molecule has 1 aromatic rings. The van der Waals surface area contributed by atoms with E-state index in [9.17, 15) is 4.39 Å². The number of benzene rings is 1. The molecule has 0 saturated heterocycles. The number of nitrogens with zero attached hydrogens (tertiary/aromatic N) is 1. The zero-order chi connectivity index (χ0) is 14.8. The number of ether oxygens (including phenoxy) is 2. The van der Waals surface area contributed by atoms with Gasteiger partial charge in [0, 0.05) is 46.1 Å². The van der Waals surface area contributed by atoms with Crippen LogP contribution in [0.2, 0.25) is 0 Å². The lowest BCUT2D eigenvalue weighted by molar-refractivity contribution is 0.199. The monoisotopic (exact) mass is 284 g/mol. The van der Waals surface area contributed by atoms with E-state index in [4.69, 9.17) is 9.47 Å². The maximum absolute atomic E-state index is 13.4. The van der Waals surface area contributed by atoms with Crippen molar-refractivity contribution in [3.63, 3.8) is 0 Å². The molecule has 0 unspecified atom stereocenters. The largest absolute Gasteiger partial charge is 0.383 e. The Bertz CT molecular complexity index is 388. The van der Waals surface area contributed by atoms with Crippen molar-refractivity contribution >= 4 is 5.69 Å². The van der Waals surface area contributed by atoms with Crippen molar-refractivity contribution in [2.45, 2.75) is 13.5 Å². The van der Waals surface area contributed by atoms with Crippen LogP contribution in [-0.2, 0) is 16.0 Å². The van der Waals surface area contributed by atoms with Crippen LogP contribution in [0.15, 0.2) is 18.2 Å². The third-order valence-corrected chi connectivity index (χ3v) is 3.13. The predicted molar refractivity (Wildman–Crippen MR) is 79.7 cm³/mol. The fraction of sp³-hybridized carbons (Fsp3) is 0.600. The van der Waals surface area contributed by atoms with E-state index < -0.39 is 0 Å². The second-order valence-electron chi connectivity index (χ2n) is 4.52. The van der Waals surface area contributed by atoms with E-state index in [1.165, 1.54) is 6.07 Å². The molecule has 1 aromatic carbocycles. The molecule has 0 aliphatic rings. The van der Waals surface area contributed by atoms with Gasteiger partial charge in [-0.3, -0.25) is 0 Å². The highest BCUT2D eigenvalue weighted by Gasteiger charge is 2.10. The van der Waals surface area contributed by atoms with Gasteiger partial charge in [0.05, 0.1) is 13.2 Å². The lowest BCUT2D eigenvalue weighted by Gasteiger charge is -2.25. The van der Waals surface area contributed by atoms with Crippen molar-refractivity contribution in [1.29, 1.82) is 0 Å². The molecule has 20 heavy (non-hydrogen) atoms. The molecule has 0 heterocycles. The molecule has 0 saturated carbocycles. The van der Waals surface area contributed by atoms with Crippen molar-refractivity contribution < 1.29 is 13.9 Å². The molecule has 0 aliphatic carbocycles. The lowest BCUT2D eigenvalue weighted by atomic mass is 10.1. The summed E-state index contributed by atoms with van der Waals surface area (Å²) in [5.41, 5.74) is 2.01. The van der Waals surface area contributed by atoms with E-state index in [0.29, 0.717) is 19.8 Å². The molecule has 5 heteroatoms. The minimum absolute atomic E-state index is 0.208. The number of likely N-dealkylation sites (N-methyl/N-ethyl adjacent to an activating group) is 1. The van der Waals surface area contributed by atoms with Gasteiger partial charge < -0.3 is 19.7 Å². The highest BCUT2D eigenvalue weighted by Crippen LogP contribution is 2.21. The summed E-state index contributed by atoms with van der Waals surface area (Å²) in [5.74, 6) is -0.208. The molecular weight excluding hydrogens is 259 g/mol. The molecule has 0 atom stereocenters. The first-order valence-corrected chi connectivity index (χ1v) is 6.94. The van der Waals surface area contributed by atoms with Gasteiger partial charge in [0.2, 0.25) is 0 Å². The van der Waals surface area contributed by atoms with E-state index in [2.05, 4.69) is 17.1 Å². The molecule has 0 radical (unpaired) electrons. The second-order valence-corrected chi connectivity index (χ2v) is 4.52. The van der Waals surface area contributed by atoms with Gasteiger partial charge in [-0.25, -0.2) is 4.39 Å². The van der Waals surface area contributed by atoms with E-state index in [0.717, 1.165) is 30.9 Å². The number of methoxy groups -OCH3 is 2. The number of hydrogen-bond donors (Lipinski definition) is 1. The van der Waals surface area contributed by atoms with Crippen molar-refractivity contribution in [2.24, 2.45) is 0 Å². The smallest absolute Gasteiger partial charge is 0.123 e. The molecule has 0 spiro atoms. The lowest BCUT2D eigenvalue weighted by Crippen LogP contribution is -2.29. The first-order chi connectivity index (χ1) is 9.72. The molecule has 0 amide bonds. The molecule has 0 fully saturated rings. The third kappa shape index (κ3) is 5.45. The summed E-state index contributed by atoms with van der Waals surface area (Å²) in [6.07, 6.45) is 0. The summed E-state index contributed by atoms with van der Waals surface area (Å²) < 4.78 is 23.6. The van der Waals surface area contributed by atoms with Crippen LogP contribution in [0, 0.1) is 5.82 Å². The van der Waals surface area contributed by atoms with Crippen LogP contribution >= 0.6 is 0 Å². The third-order valence-electron chi connectivity index (χ3n) is 3.13. The maximum atomic E-state index is 13.4. The highest BCUT2D eigenvalue weighted by atomic mass is 19.1. The van der Waals surface area contributed by atoms with E-state index in [-0.39, 0.29) is 5.82 Å². The molecule has 0 aliphatic heterocycles. The van der Waals surface area contributed by atoms with E-state index in [1.54, 1.807) is 20.3 Å². The average Bonchev–Trinajstić information content (AvgIpc) is 2.46. The van der Waals surface area contributed by atoms with E-state index in [1.807, 2.05) is 6.07 Å². The van der Waals surface area contributed by atoms with Crippen LogP contribution < -0.4 is 10.2 Å². The second kappa shape index (κ2) is 9.69. The summed E-state index contributed by atoms with van der Waals surface area (Å²) in [6.45, 7) is 6.41. The highest BCUT2D eigenvalue weighted by molar-refractivity contribution is 5.53. The summed E-state index contributed by atoms with van der Waals surface area (Å²) in [7, 11) is 3.35. The Morgan fingerprint density at radius 2 is 1.95 bits per heavy atom. The van der Waals surface area contributed by atoms with Gasteiger partial charge >= 0.3 is 0 Å². The average molecular weight is 284 g/mol. The minimum atomic E-state index is -0.208. The molecule has 1 rings (SSSR count). The predicted octanol–water partition coefficient (Wildman–Crippen LogP) is 2.03. The summed E-state index contributed by atoms with van der Waals surface area (Å²) in [5, 5.41) is 3.26. The van der Waals surface area contributed by atoms with Crippen LogP contribution in [0.4, 0.5) is 10.1 Å². The van der Waals surface area contributed by atoms with Crippen LogP contribution in [0.1, 0.15) is 12.5 Å². The Labute approximate surface area is 120 Å². The van der Waals surface area contributed by atoms with Gasteiger partial charge in [0.25, 0.3) is 0 Å². The molecule has 1 N–H and O–H groups in total. The zero-order valence-corrected chi connectivity index (χ0v) is 12.6. The van der Waals surface area contributed by atoms with Crippen LogP contribution in [0.25, 0.3) is 0 Å². The Balaban J connectivity index is 2.76. The van der Waals surface area contributed by atoms with Crippen molar-refractivity contribution in [1.82, 2.24) is 5.32 Å². The van der Waals surface area contributed by atoms with Gasteiger partial charge in [-0.2, -0.15) is 0 Å². The number of rotatable bonds is 10. The first-order valence-electron chi connectivity index (χ1n) is 6.94. The molecule has 0 bridgehead atoms. The first kappa shape index (κ1) is 16.9. The van der Waals surface area contributed by atoms with E-state index >= 15 is 0 Å². The summed E-state index contributed by atoms with van der Waals surface area (Å²) in [6, 6.07) is 4.93. The normalized spacial score (nSPS) is 10.8. The standard InChI is InChI=1S/C15H25FN2O2/c1-4-18(8-10-20-3)15-6-5-14(16)11-13(15)12-17-7-9-19-2/h5-6,11,17H,4,7-10,12H2,1-3H3. The summed E-state index contributed by atoms with van der Waals surface area (Å²) >= 11 is 0. The van der Waals surface area contributed by atoms with Gasteiger partial charge in [0.1, 0.15) is 5.82 Å². The fourth-order valence-corrected chi connectivity index (χ4v) is 2.05. The van der Waals surface area contributed by atoms with Crippen molar-refractivity contribution in [3.05, 3.63) is 29.6 Å². The maximum Gasteiger partial charge on any atom is 0.123 e. The number of halogens is 1. The van der Waals surface area contributed by atoms with Crippen LogP contribution in [0.5, 0.6) is 0 Å². The Hall–Kier alpha value is -1.17. The number of hydrogen-bond acceptors (Lipinski definition) is 4. The fourth-order valence-electron chi connectivity index (χ4n) is 2.05. The Morgan fingerprint density at radius 3 is 2.60 bits per heavy atom. The SMILES string of the molecule is CCN(CCOC)c1ccc(F)cc1CNCCOC. The van der Waals surface area contributed by atoms with Gasteiger partial charge in [-0.1, -0.05) is 0 Å². The van der Waals surface area contributed by atoms with Gasteiger partial charge in [-0.15, -0.1) is 0 Å². The zero-order valence-electron chi connectivity index (χ0n) is 12.6. The Kier molecular flexibility index (Phi) is 8.18. The quantitative estimate of drug-likeness (QED) is 0.667. The Morgan fingerprint density at radius 1 is 1.20 bits per heavy atom. The van der Waals surface area contributed by atoms with Crippen molar-refractivity contribution in [3.8, 4) is 0 Å². The molecule has 4 nitrogen and oxygen atoms in total. The molecule has 114 valence electrons. The van der Waals surface area contributed by atoms with Gasteiger partial charge in [-0.05, 0) is 30.7 Å². The topological polar surface area (TPSA) is 33.7 Å².